The first kappa shape index (κ1) is 12.7. The largest absolute Gasteiger partial charge is 0.289 e. The summed E-state index contributed by atoms with van der Waals surface area (Å²) in [5, 5.41) is 0. The van der Waals surface area contributed by atoms with Gasteiger partial charge in [-0.15, -0.1) is 25.3 Å². The Labute approximate surface area is 87.2 Å². The van der Waals surface area contributed by atoms with Crippen molar-refractivity contribution in [3.05, 3.63) is 38.0 Å². The summed E-state index contributed by atoms with van der Waals surface area (Å²) >= 11 is 0. The molecule has 0 aromatic carbocycles. The topological polar surface area (TPSA) is 17.1 Å². The molecule has 0 heterocycles. The van der Waals surface area contributed by atoms with Crippen molar-refractivity contribution in [3.8, 4) is 11.5 Å². The normalized spacial score (nSPS) is 9.43. The van der Waals surface area contributed by atoms with Crippen LogP contribution in [0.15, 0.2) is 38.0 Å². The molecule has 14 heavy (non-hydrogen) atoms. The Morgan fingerprint density at radius 3 is 1.71 bits per heavy atom. The SMILES string of the molecule is C=CC[Si](C#CC=O)(CC=C)CC=C. The summed E-state index contributed by atoms with van der Waals surface area (Å²) in [6.45, 7) is 11.2. The van der Waals surface area contributed by atoms with Crippen molar-refractivity contribution in [1.29, 1.82) is 0 Å². The minimum Gasteiger partial charge on any atom is -0.289 e. The van der Waals surface area contributed by atoms with E-state index in [2.05, 4.69) is 31.2 Å². The molecule has 0 saturated heterocycles. The second kappa shape index (κ2) is 7.11. The van der Waals surface area contributed by atoms with Gasteiger partial charge in [0.25, 0.3) is 0 Å². The molecule has 0 unspecified atom stereocenters. The zero-order valence-corrected chi connectivity index (χ0v) is 9.46. The van der Waals surface area contributed by atoms with Crippen LogP contribution in [-0.2, 0) is 4.79 Å². The molecular weight excluding hydrogens is 188 g/mol. The molecule has 2 heteroatoms. The molecule has 0 amide bonds. The van der Waals surface area contributed by atoms with Crippen LogP contribution in [0.5, 0.6) is 0 Å². The Morgan fingerprint density at radius 2 is 1.43 bits per heavy atom. The highest BCUT2D eigenvalue weighted by molar-refractivity contribution is 6.88. The van der Waals surface area contributed by atoms with E-state index in [1.54, 1.807) is 0 Å². The van der Waals surface area contributed by atoms with E-state index in [1.807, 2.05) is 18.2 Å². The fourth-order valence-corrected chi connectivity index (χ4v) is 4.24. The quantitative estimate of drug-likeness (QED) is 0.281. The molecule has 0 aliphatic heterocycles. The van der Waals surface area contributed by atoms with Crippen LogP contribution in [0.1, 0.15) is 0 Å². The minimum atomic E-state index is -1.76. The third-order valence-corrected chi connectivity index (χ3v) is 5.89. The second-order valence-electron chi connectivity index (χ2n) is 3.15. The summed E-state index contributed by atoms with van der Waals surface area (Å²) in [6.07, 6.45) is 6.27. The Hall–Kier alpha value is -1.33. The lowest BCUT2D eigenvalue weighted by molar-refractivity contribution is -0.103. The van der Waals surface area contributed by atoms with Gasteiger partial charge in [-0.25, -0.2) is 0 Å². The zero-order valence-electron chi connectivity index (χ0n) is 8.46. The van der Waals surface area contributed by atoms with Gasteiger partial charge in [-0.1, -0.05) is 18.2 Å². The maximum Gasteiger partial charge on any atom is 0.192 e. The number of hydrogen-bond acceptors (Lipinski definition) is 1. The molecule has 0 spiro atoms. The van der Waals surface area contributed by atoms with Crippen molar-refractivity contribution in [3.63, 3.8) is 0 Å². The minimum absolute atomic E-state index is 0.650. The van der Waals surface area contributed by atoms with Gasteiger partial charge in [0.1, 0.15) is 8.07 Å². The van der Waals surface area contributed by atoms with E-state index in [0.717, 1.165) is 18.1 Å². The molecule has 0 fully saturated rings. The van der Waals surface area contributed by atoms with Crippen molar-refractivity contribution >= 4 is 14.4 Å². The van der Waals surface area contributed by atoms with Gasteiger partial charge in [0.05, 0.1) is 0 Å². The van der Waals surface area contributed by atoms with Crippen LogP contribution in [-0.4, -0.2) is 14.4 Å². The zero-order chi connectivity index (χ0) is 10.9. The van der Waals surface area contributed by atoms with Crippen LogP contribution in [0, 0.1) is 11.5 Å². The number of aldehydes is 1. The summed E-state index contributed by atoms with van der Waals surface area (Å²) in [6, 6.07) is 2.64. The number of carbonyl (C=O) groups is 1. The third kappa shape index (κ3) is 4.06. The first-order valence-electron chi connectivity index (χ1n) is 4.53. The summed E-state index contributed by atoms with van der Waals surface area (Å²) in [5.74, 6) is 2.53. The molecule has 74 valence electrons. The maximum absolute atomic E-state index is 10.2. The molecule has 0 saturated carbocycles. The van der Waals surface area contributed by atoms with Gasteiger partial charge in [-0.2, -0.15) is 0 Å². The van der Waals surface area contributed by atoms with Gasteiger partial charge < -0.3 is 0 Å². The maximum atomic E-state index is 10.2. The second-order valence-corrected chi connectivity index (χ2v) is 7.18. The summed E-state index contributed by atoms with van der Waals surface area (Å²) in [5.41, 5.74) is 3.09. The molecule has 1 nitrogen and oxygen atoms in total. The van der Waals surface area contributed by atoms with Crippen LogP contribution in [0.2, 0.25) is 18.1 Å². The highest BCUT2D eigenvalue weighted by Gasteiger charge is 2.26. The van der Waals surface area contributed by atoms with Crippen molar-refractivity contribution in [2.75, 3.05) is 0 Å². The van der Waals surface area contributed by atoms with E-state index in [1.165, 1.54) is 0 Å². The highest BCUT2D eigenvalue weighted by atomic mass is 28.3. The summed E-state index contributed by atoms with van der Waals surface area (Å²) in [7, 11) is -1.76. The van der Waals surface area contributed by atoms with Crippen LogP contribution in [0.25, 0.3) is 0 Å². The van der Waals surface area contributed by atoms with Gasteiger partial charge in [0, 0.05) is 0 Å². The molecule has 0 aromatic rings. The number of allylic oxidation sites excluding steroid dienone is 3. The van der Waals surface area contributed by atoms with Gasteiger partial charge in [-0.3, -0.25) is 4.79 Å². The van der Waals surface area contributed by atoms with Crippen LogP contribution >= 0.6 is 0 Å². The number of carbonyl (C=O) groups excluding carboxylic acids is 1. The predicted octanol–water partition coefficient (Wildman–Crippen LogP) is 2.73. The van der Waals surface area contributed by atoms with E-state index in [9.17, 15) is 4.79 Å². The fourth-order valence-electron chi connectivity index (χ4n) is 1.41. The van der Waals surface area contributed by atoms with Crippen LogP contribution < -0.4 is 0 Å². The third-order valence-electron chi connectivity index (χ3n) is 2.00. The summed E-state index contributed by atoms with van der Waals surface area (Å²) in [4.78, 5) is 10.2. The first-order valence-corrected chi connectivity index (χ1v) is 7.16. The van der Waals surface area contributed by atoms with Crippen LogP contribution in [0.3, 0.4) is 0 Å². The van der Waals surface area contributed by atoms with Crippen molar-refractivity contribution < 1.29 is 4.79 Å². The Kier molecular flexibility index (Phi) is 6.43. The van der Waals surface area contributed by atoms with Crippen molar-refractivity contribution in [2.24, 2.45) is 0 Å². The lowest BCUT2D eigenvalue weighted by Crippen LogP contribution is -2.30. The van der Waals surface area contributed by atoms with E-state index in [-0.39, 0.29) is 0 Å². The highest BCUT2D eigenvalue weighted by Crippen LogP contribution is 2.21. The van der Waals surface area contributed by atoms with Gasteiger partial charge >= 0.3 is 0 Å². The monoisotopic (exact) mass is 204 g/mol. The van der Waals surface area contributed by atoms with Crippen molar-refractivity contribution in [1.82, 2.24) is 0 Å². The molecule has 0 atom stereocenters. The van der Waals surface area contributed by atoms with Crippen molar-refractivity contribution in [2.45, 2.75) is 18.1 Å². The van der Waals surface area contributed by atoms with Crippen LogP contribution in [0.4, 0.5) is 0 Å². The Balaban J connectivity index is 4.87. The Morgan fingerprint density at radius 1 is 1.00 bits per heavy atom. The van der Waals surface area contributed by atoms with Gasteiger partial charge in [0.15, 0.2) is 6.29 Å². The molecular formula is C12H16OSi. The number of rotatable bonds is 6. The first-order chi connectivity index (χ1) is 6.74. The summed E-state index contributed by atoms with van der Waals surface area (Å²) < 4.78 is 0. The Bertz CT molecular complexity index is 254. The lowest BCUT2D eigenvalue weighted by Gasteiger charge is -2.20. The molecule has 0 aliphatic rings. The molecule has 0 aliphatic carbocycles. The molecule has 0 bridgehead atoms. The predicted molar refractivity (Wildman–Crippen MR) is 64.6 cm³/mol. The fraction of sp³-hybridized carbons (Fsp3) is 0.250. The van der Waals surface area contributed by atoms with Gasteiger partial charge in [0.2, 0.25) is 0 Å². The standard InChI is InChI=1S/C12H16OSi/c1-4-9-14(10-5-2,11-6-3)12-7-8-13/h4-6,8H,1-3,9-11H2. The molecule has 0 radical (unpaired) electrons. The van der Waals surface area contributed by atoms with E-state index < -0.39 is 8.07 Å². The van der Waals surface area contributed by atoms with E-state index in [4.69, 9.17) is 0 Å². The van der Waals surface area contributed by atoms with E-state index in [0.29, 0.717) is 6.29 Å². The van der Waals surface area contributed by atoms with Gasteiger partial charge in [-0.05, 0) is 24.1 Å². The number of hydrogen-bond donors (Lipinski definition) is 0. The lowest BCUT2D eigenvalue weighted by atomic mass is 10.7. The molecule has 0 aromatic heterocycles. The molecule has 0 rings (SSSR count). The smallest absolute Gasteiger partial charge is 0.192 e. The average molecular weight is 204 g/mol. The molecule has 0 N–H and O–H groups in total. The van der Waals surface area contributed by atoms with E-state index >= 15 is 0 Å². The average Bonchev–Trinajstić information content (AvgIpc) is 2.16.